The average molecular weight is 199 g/mol. The van der Waals surface area contributed by atoms with Crippen LogP contribution in [0.4, 0.5) is 0 Å². The zero-order valence-electron chi connectivity index (χ0n) is 6.98. The Morgan fingerprint density at radius 2 is 2.08 bits per heavy atom. The number of primary amides is 1. The molecule has 0 saturated heterocycles. The Morgan fingerprint density at radius 1 is 1.46 bits per heavy atom. The summed E-state index contributed by atoms with van der Waals surface area (Å²) < 4.78 is 0. The number of amidine groups is 1. The standard InChI is InChI=1S/C7H9N3O2S/c1-12-10-6(8)4-2-3-5(13-4)7(9)11/h2-3H,1H3,(H2,8,10)(H2,9,11). The van der Waals surface area contributed by atoms with Crippen molar-refractivity contribution in [2.45, 2.75) is 0 Å². The van der Waals surface area contributed by atoms with Crippen LogP contribution < -0.4 is 11.5 Å². The number of amides is 1. The number of carbonyl (C=O) groups is 1. The highest BCUT2D eigenvalue weighted by Gasteiger charge is 2.07. The van der Waals surface area contributed by atoms with Gasteiger partial charge in [0.1, 0.15) is 7.11 Å². The van der Waals surface area contributed by atoms with E-state index in [-0.39, 0.29) is 5.84 Å². The van der Waals surface area contributed by atoms with Crippen LogP contribution in [0, 0.1) is 0 Å². The Labute approximate surface area is 79.0 Å². The summed E-state index contributed by atoms with van der Waals surface area (Å²) in [6, 6.07) is 3.27. The van der Waals surface area contributed by atoms with Gasteiger partial charge in [-0.25, -0.2) is 0 Å². The Bertz CT molecular complexity index is 345. The lowest BCUT2D eigenvalue weighted by Gasteiger charge is -1.92. The molecular formula is C7H9N3O2S. The number of nitrogens with two attached hydrogens (primary N) is 2. The maximum Gasteiger partial charge on any atom is 0.258 e. The van der Waals surface area contributed by atoms with Crippen LogP contribution in [0.3, 0.4) is 0 Å². The summed E-state index contributed by atoms with van der Waals surface area (Å²) in [6.45, 7) is 0. The van der Waals surface area contributed by atoms with Crippen molar-refractivity contribution < 1.29 is 9.63 Å². The molecule has 0 radical (unpaired) electrons. The van der Waals surface area contributed by atoms with E-state index in [1.54, 1.807) is 12.1 Å². The predicted octanol–water partition coefficient (Wildman–Crippen LogP) is 0.114. The maximum absolute atomic E-state index is 10.7. The lowest BCUT2D eigenvalue weighted by molar-refractivity contribution is 0.100. The van der Waals surface area contributed by atoms with Crippen LogP contribution in [-0.4, -0.2) is 18.9 Å². The third kappa shape index (κ3) is 2.19. The molecule has 0 aromatic carbocycles. The van der Waals surface area contributed by atoms with Gasteiger partial charge in [0, 0.05) is 0 Å². The molecular weight excluding hydrogens is 190 g/mol. The maximum atomic E-state index is 10.7. The van der Waals surface area contributed by atoms with E-state index in [0.717, 1.165) is 0 Å². The molecule has 0 fully saturated rings. The minimum absolute atomic E-state index is 0.236. The number of carbonyl (C=O) groups excluding carboxylic acids is 1. The summed E-state index contributed by atoms with van der Waals surface area (Å²) in [4.78, 5) is 16.3. The van der Waals surface area contributed by atoms with Gasteiger partial charge in [-0.1, -0.05) is 5.16 Å². The van der Waals surface area contributed by atoms with Crippen LogP contribution in [-0.2, 0) is 4.84 Å². The number of rotatable bonds is 3. The summed E-state index contributed by atoms with van der Waals surface area (Å²) in [6.07, 6.45) is 0. The van der Waals surface area contributed by atoms with Crippen molar-refractivity contribution in [2.24, 2.45) is 16.6 Å². The van der Waals surface area contributed by atoms with Gasteiger partial charge in [-0.05, 0) is 12.1 Å². The molecule has 0 bridgehead atoms. The average Bonchev–Trinajstić information content (AvgIpc) is 2.52. The molecule has 4 N–H and O–H groups in total. The molecule has 0 spiro atoms. The highest BCUT2D eigenvalue weighted by molar-refractivity contribution is 7.16. The highest BCUT2D eigenvalue weighted by Crippen LogP contribution is 2.15. The normalized spacial score (nSPS) is 11.3. The first-order valence-corrected chi connectivity index (χ1v) is 4.23. The van der Waals surface area contributed by atoms with Crippen LogP contribution in [0.1, 0.15) is 14.5 Å². The molecule has 0 aliphatic rings. The number of hydrogen-bond donors (Lipinski definition) is 2. The van der Waals surface area contributed by atoms with Crippen LogP contribution in [0.25, 0.3) is 0 Å². The predicted molar refractivity (Wildman–Crippen MR) is 50.6 cm³/mol. The van der Waals surface area contributed by atoms with E-state index in [9.17, 15) is 4.79 Å². The second-order valence-electron chi connectivity index (χ2n) is 2.19. The Kier molecular flexibility index (Phi) is 2.86. The second-order valence-corrected chi connectivity index (χ2v) is 3.27. The van der Waals surface area contributed by atoms with Crippen molar-refractivity contribution in [1.29, 1.82) is 0 Å². The van der Waals surface area contributed by atoms with E-state index < -0.39 is 5.91 Å². The summed E-state index contributed by atoms with van der Waals surface area (Å²) in [5, 5.41) is 3.52. The van der Waals surface area contributed by atoms with Crippen LogP contribution >= 0.6 is 11.3 Å². The highest BCUT2D eigenvalue weighted by atomic mass is 32.1. The molecule has 70 valence electrons. The zero-order chi connectivity index (χ0) is 9.84. The van der Waals surface area contributed by atoms with Crippen molar-refractivity contribution in [3.8, 4) is 0 Å². The van der Waals surface area contributed by atoms with Gasteiger partial charge in [-0.2, -0.15) is 0 Å². The van der Waals surface area contributed by atoms with Crippen molar-refractivity contribution >= 4 is 23.1 Å². The van der Waals surface area contributed by atoms with Crippen molar-refractivity contribution in [3.63, 3.8) is 0 Å². The van der Waals surface area contributed by atoms with Gasteiger partial charge in [0.15, 0.2) is 5.84 Å². The molecule has 0 aliphatic heterocycles. The van der Waals surface area contributed by atoms with Gasteiger partial charge >= 0.3 is 0 Å². The first-order valence-electron chi connectivity index (χ1n) is 3.41. The molecule has 0 atom stereocenters. The summed E-state index contributed by atoms with van der Waals surface area (Å²) in [7, 11) is 1.40. The van der Waals surface area contributed by atoms with Crippen LogP contribution in [0.2, 0.25) is 0 Å². The third-order valence-electron chi connectivity index (χ3n) is 1.29. The van der Waals surface area contributed by atoms with E-state index >= 15 is 0 Å². The fourth-order valence-electron chi connectivity index (χ4n) is 0.751. The molecule has 1 aromatic rings. The molecule has 13 heavy (non-hydrogen) atoms. The number of oxime groups is 1. The number of thiophene rings is 1. The van der Waals surface area contributed by atoms with E-state index in [1.807, 2.05) is 0 Å². The van der Waals surface area contributed by atoms with Crippen LogP contribution in [0.15, 0.2) is 17.3 Å². The van der Waals surface area contributed by atoms with E-state index in [1.165, 1.54) is 18.4 Å². The zero-order valence-corrected chi connectivity index (χ0v) is 7.80. The largest absolute Gasteiger partial charge is 0.397 e. The first kappa shape index (κ1) is 9.53. The van der Waals surface area contributed by atoms with Gasteiger partial charge in [-0.15, -0.1) is 11.3 Å². The molecule has 0 unspecified atom stereocenters. The number of nitrogens with zero attached hydrogens (tertiary/aromatic N) is 1. The van der Waals surface area contributed by atoms with Gasteiger partial charge in [0.2, 0.25) is 0 Å². The number of hydrogen-bond acceptors (Lipinski definition) is 4. The monoisotopic (exact) mass is 199 g/mol. The van der Waals surface area contributed by atoms with Gasteiger partial charge in [0.05, 0.1) is 9.75 Å². The molecule has 1 heterocycles. The third-order valence-corrected chi connectivity index (χ3v) is 2.41. The molecule has 5 nitrogen and oxygen atoms in total. The van der Waals surface area contributed by atoms with Crippen LogP contribution in [0.5, 0.6) is 0 Å². The Hall–Kier alpha value is -1.56. The summed E-state index contributed by atoms with van der Waals surface area (Å²) in [5.41, 5.74) is 10.6. The first-order chi connectivity index (χ1) is 6.15. The van der Waals surface area contributed by atoms with E-state index in [4.69, 9.17) is 11.5 Å². The SMILES string of the molecule is CON=C(N)c1ccc(C(N)=O)s1. The second kappa shape index (κ2) is 3.90. The van der Waals surface area contributed by atoms with E-state index in [0.29, 0.717) is 9.75 Å². The molecule has 1 rings (SSSR count). The van der Waals surface area contributed by atoms with Gasteiger partial charge in [0.25, 0.3) is 5.91 Å². The molecule has 1 aromatic heterocycles. The topological polar surface area (TPSA) is 90.7 Å². The fourth-order valence-corrected chi connectivity index (χ4v) is 1.50. The minimum Gasteiger partial charge on any atom is -0.397 e. The fraction of sp³-hybridized carbons (Fsp3) is 0.143. The lowest BCUT2D eigenvalue weighted by atomic mass is 10.4. The molecule has 0 aliphatic carbocycles. The Balaban J connectivity index is 2.92. The van der Waals surface area contributed by atoms with Crippen molar-refractivity contribution in [2.75, 3.05) is 7.11 Å². The lowest BCUT2D eigenvalue weighted by Crippen LogP contribution is -2.11. The van der Waals surface area contributed by atoms with Crippen molar-refractivity contribution in [1.82, 2.24) is 0 Å². The smallest absolute Gasteiger partial charge is 0.258 e. The molecule has 1 amide bonds. The Morgan fingerprint density at radius 3 is 2.54 bits per heavy atom. The van der Waals surface area contributed by atoms with Gasteiger partial charge in [-0.3, -0.25) is 4.79 Å². The minimum atomic E-state index is -0.471. The summed E-state index contributed by atoms with van der Waals surface area (Å²) >= 11 is 1.18. The quantitative estimate of drug-likeness (QED) is 0.411. The van der Waals surface area contributed by atoms with E-state index in [2.05, 4.69) is 9.99 Å². The van der Waals surface area contributed by atoms with Crippen molar-refractivity contribution in [3.05, 3.63) is 21.9 Å². The summed E-state index contributed by atoms with van der Waals surface area (Å²) in [5.74, 6) is -0.235. The molecule has 0 saturated carbocycles. The molecule has 6 heteroatoms. The van der Waals surface area contributed by atoms with Gasteiger partial charge < -0.3 is 16.3 Å².